The number of rotatable bonds is 6. The van der Waals surface area contributed by atoms with Crippen LogP contribution < -0.4 is 0 Å². The monoisotopic (exact) mass is 318 g/mol. The lowest BCUT2D eigenvalue weighted by Crippen LogP contribution is -2.36. The van der Waals surface area contributed by atoms with Gasteiger partial charge in [0.05, 0.1) is 12.1 Å². The molecule has 0 amide bonds. The first-order valence-corrected chi connectivity index (χ1v) is 9.35. The van der Waals surface area contributed by atoms with E-state index in [-0.39, 0.29) is 12.1 Å². The lowest BCUT2D eigenvalue weighted by atomic mass is 9.67. The minimum absolute atomic E-state index is 0.191. The maximum atomic E-state index is 10.8. The number of nitrogens with zero attached hydrogens (tertiary/aromatic N) is 2. The fourth-order valence-electron chi connectivity index (χ4n) is 4.95. The van der Waals surface area contributed by atoms with Gasteiger partial charge in [-0.1, -0.05) is 26.7 Å². The quantitative estimate of drug-likeness (QED) is 0.537. The SMILES string of the molecule is CCC1CC(CC2CCC(N=C=O)CC2)CC(CC)C1N=C=O. The second kappa shape index (κ2) is 9.15. The van der Waals surface area contributed by atoms with Gasteiger partial charge in [-0.2, -0.15) is 0 Å². The van der Waals surface area contributed by atoms with Crippen LogP contribution in [0, 0.1) is 23.7 Å². The summed E-state index contributed by atoms with van der Waals surface area (Å²) in [5.74, 6) is 2.62. The average molecular weight is 318 g/mol. The van der Waals surface area contributed by atoms with Crippen LogP contribution in [0.15, 0.2) is 9.98 Å². The molecule has 2 unspecified atom stereocenters. The number of carbonyl (C=O) groups excluding carboxylic acids is 2. The Balaban J connectivity index is 1.91. The second-order valence-corrected chi connectivity index (χ2v) is 7.52. The molecular weight excluding hydrogens is 288 g/mol. The summed E-state index contributed by atoms with van der Waals surface area (Å²) in [7, 11) is 0. The molecule has 0 aromatic carbocycles. The van der Waals surface area contributed by atoms with Gasteiger partial charge in [0.15, 0.2) is 0 Å². The molecule has 23 heavy (non-hydrogen) atoms. The summed E-state index contributed by atoms with van der Waals surface area (Å²) in [6.07, 6.45) is 13.9. The van der Waals surface area contributed by atoms with E-state index >= 15 is 0 Å². The molecule has 2 aliphatic rings. The highest BCUT2D eigenvalue weighted by Crippen LogP contribution is 2.43. The lowest BCUT2D eigenvalue weighted by molar-refractivity contribution is 0.126. The molecule has 0 radical (unpaired) electrons. The first-order chi connectivity index (χ1) is 11.2. The molecule has 0 aromatic rings. The number of aliphatic imine (C=N–C) groups is 2. The predicted molar refractivity (Wildman–Crippen MR) is 90.7 cm³/mol. The van der Waals surface area contributed by atoms with Crippen LogP contribution in [-0.2, 0) is 9.59 Å². The van der Waals surface area contributed by atoms with Crippen LogP contribution in [0.5, 0.6) is 0 Å². The molecule has 0 heterocycles. The van der Waals surface area contributed by atoms with E-state index in [1.54, 1.807) is 6.08 Å². The Morgan fingerprint density at radius 3 is 1.87 bits per heavy atom. The number of hydrogen-bond acceptors (Lipinski definition) is 4. The van der Waals surface area contributed by atoms with Crippen molar-refractivity contribution in [3.05, 3.63) is 0 Å². The standard InChI is InChI=1S/C19H30N2O2/c1-3-16-10-15(11-17(4-2)19(16)21-13-23)9-14-5-7-18(8-6-14)20-12-22/h14-19H,3-11H2,1-2H3. The van der Waals surface area contributed by atoms with Gasteiger partial charge in [-0.05, 0) is 68.6 Å². The zero-order chi connectivity index (χ0) is 16.7. The maximum absolute atomic E-state index is 10.8. The largest absolute Gasteiger partial charge is 0.235 e. The van der Waals surface area contributed by atoms with Crippen LogP contribution in [0.1, 0.15) is 71.6 Å². The van der Waals surface area contributed by atoms with Crippen molar-refractivity contribution >= 4 is 12.2 Å². The highest BCUT2D eigenvalue weighted by molar-refractivity contribution is 5.34. The third-order valence-corrected chi connectivity index (χ3v) is 6.21. The Morgan fingerprint density at radius 1 is 0.826 bits per heavy atom. The van der Waals surface area contributed by atoms with Gasteiger partial charge in [0, 0.05) is 0 Å². The minimum Gasteiger partial charge on any atom is -0.211 e. The summed E-state index contributed by atoms with van der Waals surface area (Å²) in [6, 6.07) is 0.407. The molecule has 0 N–H and O–H groups in total. The minimum atomic E-state index is 0.191. The normalized spacial score (nSPS) is 37.5. The van der Waals surface area contributed by atoms with Crippen molar-refractivity contribution in [1.29, 1.82) is 0 Å². The van der Waals surface area contributed by atoms with Gasteiger partial charge in [0.1, 0.15) is 0 Å². The van der Waals surface area contributed by atoms with Crippen LogP contribution in [-0.4, -0.2) is 24.2 Å². The smallest absolute Gasteiger partial charge is 0.211 e. The third-order valence-electron chi connectivity index (χ3n) is 6.21. The van der Waals surface area contributed by atoms with E-state index in [0.29, 0.717) is 11.8 Å². The highest BCUT2D eigenvalue weighted by atomic mass is 16.1. The molecule has 2 atom stereocenters. The molecule has 0 spiro atoms. The van der Waals surface area contributed by atoms with Gasteiger partial charge in [0.25, 0.3) is 0 Å². The molecule has 0 aliphatic heterocycles. The Morgan fingerprint density at radius 2 is 1.39 bits per heavy atom. The van der Waals surface area contributed by atoms with E-state index in [0.717, 1.165) is 37.5 Å². The van der Waals surface area contributed by atoms with Crippen molar-refractivity contribution in [2.75, 3.05) is 0 Å². The lowest BCUT2D eigenvalue weighted by Gasteiger charge is -2.40. The average Bonchev–Trinajstić information content (AvgIpc) is 2.58. The summed E-state index contributed by atoms with van der Waals surface area (Å²) in [5, 5.41) is 0. The molecule has 4 nitrogen and oxygen atoms in total. The van der Waals surface area contributed by atoms with Gasteiger partial charge in [0.2, 0.25) is 12.2 Å². The summed E-state index contributed by atoms with van der Waals surface area (Å²) in [4.78, 5) is 29.2. The predicted octanol–water partition coefficient (Wildman–Crippen LogP) is 4.44. The molecule has 2 aliphatic carbocycles. The van der Waals surface area contributed by atoms with Crippen molar-refractivity contribution < 1.29 is 9.59 Å². The van der Waals surface area contributed by atoms with Crippen molar-refractivity contribution in [2.45, 2.75) is 83.7 Å². The maximum Gasteiger partial charge on any atom is 0.235 e. The molecular formula is C19H30N2O2. The third kappa shape index (κ3) is 4.86. The first kappa shape index (κ1) is 18.1. The van der Waals surface area contributed by atoms with E-state index in [1.807, 2.05) is 6.08 Å². The zero-order valence-electron chi connectivity index (χ0n) is 14.5. The van der Waals surface area contributed by atoms with E-state index in [1.165, 1.54) is 32.1 Å². The second-order valence-electron chi connectivity index (χ2n) is 7.52. The van der Waals surface area contributed by atoms with Crippen LogP contribution >= 0.6 is 0 Å². The van der Waals surface area contributed by atoms with Gasteiger partial charge in [-0.15, -0.1) is 0 Å². The van der Waals surface area contributed by atoms with E-state index in [2.05, 4.69) is 23.8 Å². The fraction of sp³-hybridized carbons (Fsp3) is 0.895. The van der Waals surface area contributed by atoms with Gasteiger partial charge >= 0.3 is 0 Å². The molecule has 128 valence electrons. The Bertz CT molecular complexity index is 444. The highest BCUT2D eigenvalue weighted by Gasteiger charge is 2.37. The van der Waals surface area contributed by atoms with Crippen molar-refractivity contribution in [3.63, 3.8) is 0 Å². The molecule has 4 heteroatoms. The molecule has 0 aromatic heterocycles. The Kier molecular flexibility index (Phi) is 7.20. The van der Waals surface area contributed by atoms with E-state index in [4.69, 9.17) is 0 Å². The van der Waals surface area contributed by atoms with Crippen molar-refractivity contribution in [1.82, 2.24) is 0 Å². The summed E-state index contributed by atoms with van der Waals surface area (Å²) in [5.41, 5.74) is 0. The molecule has 2 fully saturated rings. The summed E-state index contributed by atoms with van der Waals surface area (Å²) < 4.78 is 0. The topological polar surface area (TPSA) is 58.9 Å². The first-order valence-electron chi connectivity index (χ1n) is 9.35. The van der Waals surface area contributed by atoms with Crippen molar-refractivity contribution in [2.24, 2.45) is 33.7 Å². The van der Waals surface area contributed by atoms with Crippen LogP contribution in [0.25, 0.3) is 0 Å². The molecule has 0 saturated heterocycles. The zero-order valence-corrected chi connectivity index (χ0v) is 14.5. The van der Waals surface area contributed by atoms with Crippen molar-refractivity contribution in [3.8, 4) is 0 Å². The molecule has 2 saturated carbocycles. The number of hydrogen-bond donors (Lipinski definition) is 0. The van der Waals surface area contributed by atoms with Gasteiger partial charge < -0.3 is 0 Å². The molecule has 0 bridgehead atoms. The van der Waals surface area contributed by atoms with Gasteiger partial charge in [-0.3, -0.25) is 0 Å². The fourth-order valence-corrected chi connectivity index (χ4v) is 4.95. The van der Waals surface area contributed by atoms with Gasteiger partial charge in [-0.25, -0.2) is 19.6 Å². The van der Waals surface area contributed by atoms with Crippen LogP contribution in [0.4, 0.5) is 0 Å². The summed E-state index contributed by atoms with van der Waals surface area (Å²) >= 11 is 0. The Labute approximate surface area is 139 Å². The van der Waals surface area contributed by atoms with Crippen LogP contribution in [0.2, 0.25) is 0 Å². The Hall–Kier alpha value is -1.24. The van der Waals surface area contributed by atoms with Crippen LogP contribution in [0.3, 0.4) is 0 Å². The summed E-state index contributed by atoms with van der Waals surface area (Å²) in [6.45, 7) is 4.44. The number of isocyanates is 2. The van der Waals surface area contributed by atoms with E-state index in [9.17, 15) is 9.59 Å². The molecule has 2 rings (SSSR count). The van der Waals surface area contributed by atoms with E-state index < -0.39 is 0 Å².